The Hall–Kier alpha value is -3.22. The highest BCUT2D eigenvalue weighted by atomic mass is 16.6. The second kappa shape index (κ2) is 6.69. The molecule has 0 aromatic heterocycles. The Morgan fingerprint density at radius 1 is 1.04 bits per heavy atom. The Kier molecular flexibility index (Phi) is 4.70. The molecular formula is C16H15N3O4. The van der Waals surface area contributed by atoms with Crippen LogP contribution in [0.5, 0.6) is 0 Å². The summed E-state index contributed by atoms with van der Waals surface area (Å²) < 4.78 is 0. The second-order valence-corrected chi connectivity index (χ2v) is 4.94. The lowest BCUT2D eigenvalue weighted by Gasteiger charge is -2.11. The van der Waals surface area contributed by atoms with Gasteiger partial charge in [-0.15, -0.1) is 0 Å². The molecule has 2 aromatic rings. The maximum Gasteiger partial charge on any atom is 0.273 e. The minimum absolute atomic E-state index is 0.118. The first-order chi connectivity index (χ1) is 10.9. The minimum atomic E-state index is -0.530. The van der Waals surface area contributed by atoms with Gasteiger partial charge in [0.05, 0.1) is 16.3 Å². The van der Waals surface area contributed by atoms with E-state index in [9.17, 15) is 19.7 Å². The third-order valence-electron chi connectivity index (χ3n) is 3.15. The predicted molar refractivity (Wildman–Crippen MR) is 86.5 cm³/mol. The van der Waals surface area contributed by atoms with Crippen LogP contribution in [0, 0.1) is 17.0 Å². The third kappa shape index (κ3) is 3.91. The number of nitro benzene ring substituents is 1. The molecule has 118 valence electrons. The Morgan fingerprint density at radius 2 is 1.65 bits per heavy atom. The molecule has 2 aromatic carbocycles. The summed E-state index contributed by atoms with van der Waals surface area (Å²) in [5, 5.41) is 16.2. The van der Waals surface area contributed by atoms with Gasteiger partial charge in [-0.1, -0.05) is 18.2 Å². The van der Waals surface area contributed by atoms with Gasteiger partial charge in [0.1, 0.15) is 0 Å². The van der Waals surface area contributed by atoms with Gasteiger partial charge in [0.2, 0.25) is 5.91 Å². The molecule has 2 rings (SSSR count). The fourth-order valence-electron chi connectivity index (χ4n) is 2.03. The number of rotatable bonds is 4. The van der Waals surface area contributed by atoms with E-state index in [-0.39, 0.29) is 17.2 Å². The third-order valence-corrected chi connectivity index (χ3v) is 3.15. The number of anilines is 2. The zero-order valence-electron chi connectivity index (χ0n) is 12.6. The van der Waals surface area contributed by atoms with Crippen molar-refractivity contribution in [3.05, 3.63) is 63.7 Å². The fourth-order valence-corrected chi connectivity index (χ4v) is 2.03. The lowest BCUT2D eigenvalue weighted by atomic mass is 10.1. The number of nitro groups is 1. The summed E-state index contributed by atoms with van der Waals surface area (Å²) in [6, 6.07) is 11.0. The van der Waals surface area contributed by atoms with Crippen LogP contribution in [0.15, 0.2) is 42.5 Å². The van der Waals surface area contributed by atoms with Crippen molar-refractivity contribution in [1.29, 1.82) is 0 Å². The standard InChI is InChI=1S/C16H15N3O4/c1-10-7-8-12(9-15(10)19(22)23)16(21)18-14-6-4-3-5-13(14)17-11(2)20/h3-9H,1-2H3,(H,17,20)(H,18,21). The zero-order valence-corrected chi connectivity index (χ0v) is 12.6. The average molecular weight is 313 g/mol. The fraction of sp³-hybridized carbons (Fsp3) is 0.125. The molecule has 0 radical (unpaired) electrons. The predicted octanol–water partition coefficient (Wildman–Crippen LogP) is 3.11. The number of benzene rings is 2. The average Bonchev–Trinajstić information content (AvgIpc) is 2.48. The van der Waals surface area contributed by atoms with E-state index >= 15 is 0 Å². The van der Waals surface area contributed by atoms with Crippen molar-refractivity contribution in [2.45, 2.75) is 13.8 Å². The molecule has 23 heavy (non-hydrogen) atoms. The van der Waals surface area contributed by atoms with E-state index in [0.29, 0.717) is 16.9 Å². The minimum Gasteiger partial charge on any atom is -0.325 e. The normalized spacial score (nSPS) is 10.0. The highest BCUT2D eigenvalue weighted by Gasteiger charge is 2.16. The van der Waals surface area contributed by atoms with Gasteiger partial charge in [0, 0.05) is 24.1 Å². The molecule has 0 aliphatic heterocycles. The molecule has 0 atom stereocenters. The lowest BCUT2D eigenvalue weighted by molar-refractivity contribution is -0.385. The monoisotopic (exact) mass is 313 g/mol. The molecule has 7 nitrogen and oxygen atoms in total. The molecule has 0 spiro atoms. The molecule has 7 heteroatoms. The van der Waals surface area contributed by atoms with Crippen molar-refractivity contribution in [1.82, 2.24) is 0 Å². The maximum absolute atomic E-state index is 12.3. The number of amides is 2. The van der Waals surface area contributed by atoms with Crippen molar-refractivity contribution in [2.24, 2.45) is 0 Å². The smallest absolute Gasteiger partial charge is 0.273 e. The number of aryl methyl sites for hydroxylation is 1. The van der Waals surface area contributed by atoms with E-state index in [1.54, 1.807) is 31.2 Å². The molecule has 0 fully saturated rings. The second-order valence-electron chi connectivity index (χ2n) is 4.94. The largest absolute Gasteiger partial charge is 0.325 e. The molecule has 2 amide bonds. The summed E-state index contributed by atoms with van der Waals surface area (Å²) in [7, 11) is 0. The summed E-state index contributed by atoms with van der Waals surface area (Å²) in [6.07, 6.45) is 0. The van der Waals surface area contributed by atoms with Gasteiger partial charge >= 0.3 is 0 Å². The first kappa shape index (κ1) is 16.2. The van der Waals surface area contributed by atoms with Crippen LogP contribution in [0.4, 0.5) is 17.1 Å². The SMILES string of the molecule is CC(=O)Nc1ccccc1NC(=O)c1ccc(C)c([N+](=O)[O-])c1. The first-order valence-corrected chi connectivity index (χ1v) is 6.81. The van der Waals surface area contributed by atoms with Gasteiger partial charge in [-0.3, -0.25) is 19.7 Å². The first-order valence-electron chi connectivity index (χ1n) is 6.81. The van der Waals surface area contributed by atoms with Crippen LogP contribution in [0.1, 0.15) is 22.8 Å². The van der Waals surface area contributed by atoms with Crippen molar-refractivity contribution in [2.75, 3.05) is 10.6 Å². The molecule has 2 N–H and O–H groups in total. The van der Waals surface area contributed by atoms with E-state index < -0.39 is 10.8 Å². The van der Waals surface area contributed by atoms with E-state index in [2.05, 4.69) is 10.6 Å². The molecule has 0 saturated carbocycles. The number of carbonyl (C=O) groups excluding carboxylic acids is 2. The topological polar surface area (TPSA) is 101 Å². The molecule has 0 bridgehead atoms. The zero-order chi connectivity index (χ0) is 17.0. The number of carbonyl (C=O) groups is 2. The van der Waals surface area contributed by atoms with Crippen molar-refractivity contribution in [3.63, 3.8) is 0 Å². The summed E-state index contributed by atoms with van der Waals surface area (Å²) in [6.45, 7) is 2.97. The van der Waals surface area contributed by atoms with E-state index in [0.717, 1.165) is 0 Å². The van der Waals surface area contributed by atoms with Gasteiger partial charge in [0.25, 0.3) is 11.6 Å². The number of nitrogens with zero attached hydrogens (tertiary/aromatic N) is 1. The molecule has 0 heterocycles. The van der Waals surface area contributed by atoms with Gasteiger partial charge in [-0.25, -0.2) is 0 Å². The highest BCUT2D eigenvalue weighted by Crippen LogP contribution is 2.23. The van der Waals surface area contributed by atoms with E-state index in [1.165, 1.54) is 25.1 Å². The van der Waals surface area contributed by atoms with Crippen LogP contribution >= 0.6 is 0 Å². The van der Waals surface area contributed by atoms with Crippen LogP contribution in [0.3, 0.4) is 0 Å². The molecule has 0 unspecified atom stereocenters. The van der Waals surface area contributed by atoms with Gasteiger partial charge < -0.3 is 10.6 Å². The van der Waals surface area contributed by atoms with E-state index in [1.807, 2.05) is 0 Å². The summed E-state index contributed by atoms with van der Waals surface area (Å²) in [5.74, 6) is -0.761. The Morgan fingerprint density at radius 3 is 2.22 bits per heavy atom. The van der Waals surface area contributed by atoms with Gasteiger partial charge in [-0.05, 0) is 25.1 Å². The number of para-hydroxylation sites is 2. The summed E-state index contributed by atoms with van der Waals surface area (Å²) in [5.41, 5.74) is 1.39. The Bertz CT molecular complexity index is 787. The van der Waals surface area contributed by atoms with Crippen LogP contribution in [-0.2, 0) is 4.79 Å². The van der Waals surface area contributed by atoms with Crippen LogP contribution in [-0.4, -0.2) is 16.7 Å². The highest BCUT2D eigenvalue weighted by molar-refractivity contribution is 6.07. The number of hydrogen-bond acceptors (Lipinski definition) is 4. The van der Waals surface area contributed by atoms with Crippen LogP contribution in [0.2, 0.25) is 0 Å². The molecule has 0 aliphatic carbocycles. The van der Waals surface area contributed by atoms with Crippen molar-refractivity contribution >= 4 is 28.9 Å². The van der Waals surface area contributed by atoms with Crippen LogP contribution in [0.25, 0.3) is 0 Å². The Labute approximate surface area is 132 Å². The summed E-state index contributed by atoms with van der Waals surface area (Å²) in [4.78, 5) is 33.9. The van der Waals surface area contributed by atoms with Crippen molar-refractivity contribution < 1.29 is 14.5 Å². The quantitative estimate of drug-likeness (QED) is 0.668. The Balaban J connectivity index is 2.28. The molecule has 0 aliphatic rings. The van der Waals surface area contributed by atoms with Gasteiger partial charge in [0.15, 0.2) is 0 Å². The van der Waals surface area contributed by atoms with Gasteiger partial charge in [-0.2, -0.15) is 0 Å². The van der Waals surface area contributed by atoms with Crippen molar-refractivity contribution in [3.8, 4) is 0 Å². The molecule has 0 saturated heterocycles. The van der Waals surface area contributed by atoms with Crippen LogP contribution < -0.4 is 10.6 Å². The summed E-state index contributed by atoms with van der Waals surface area (Å²) >= 11 is 0. The lowest BCUT2D eigenvalue weighted by Crippen LogP contribution is -2.15. The maximum atomic E-state index is 12.3. The van der Waals surface area contributed by atoms with E-state index in [4.69, 9.17) is 0 Å². The molecular weight excluding hydrogens is 298 g/mol. The number of hydrogen-bond donors (Lipinski definition) is 2. The number of nitrogens with one attached hydrogen (secondary N) is 2.